The van der Waals surface area contributed by atoms with Crippen LogP contribution in [-0.4, -0.2) is 24.3 Å². The van der Waals surface area contributed by atoms with Gasteiger partial charge < -0.3 is 9.84 Å². The Morgan fingerprint density at radius 3 is 2.44 bits per heavy atom. The number of carbonyl (C=O) groups is 1. The van der Waals surface area contributed by atoms with Gasteiger partial charge in [-0.05, 0) is 42.9 Å². The minimum atomic E-state index is -0.863. The number of hydrogen-bond donors (Lipinski definition) is 1. The second-order valence-electron chi connectivity index (χ2n) is 4.26. The van der Waals surface area contributed by atoms with Gasteiger partial charge >= 0.3 is 5.97 Å². The molecule has 0 aliphatic carbocycles. The summed E-state index contributed by atoms with van der Waals surface area (Å²) in [6, 6.07) is 7.19. The third-order valence-electron chi connectivity index (χ3n) is 3.07. The number of carboxylic acids is 1. The summed E-state index contributed by atoms with van der Waals surface area (Å²) in [6.07, 6.45) is 3.25. The molecule has 1 aromatic carbocycles. The van der Waals surface area contributed by atoms with Gasteiger partial charge in [-0.1, -0.05) is 12.1 Å². The van der Waals surface area contributed by atoms with Crippen LogP contribution in [0.4, 0.5) is 0 Å². The monoisotopic (exact) mass is 220 g/mol. The van der Waals surface area contributed by atoms with Gasteiger partial charge in [0.2, 0.25) is 0 Å². The molecule has 1 aliphatic heterocycles. The van der Waals surface area contributed by atoms with E-state index in [9.17, 15) is 4.79 Å². The van der Waals surface area contributed by atoms with Crippen molar-refractivity contribution in [3.05, 3.63) is 35.4 Å². The first-order valence-corrected chi connectivity index (χ1v) is 5.65. The van der Waals surface area contributed by atoms with Crippen molar-refractivity contribution in [1.29, 1.82) is 0 Å². The standard InChI is InChI=1S/C13H16O3/c14-13(15)12-3-1-10(2-4-12)9-11-5-7-16-8-6-11/h1-4,11H,5-9H2,(H,14,15). The molecule has 1 N–H and O–H groups in total. The Hall–Kier alpha value is -1.35. The van der Waals surface area contributed by atoms with Gasteiger partial charge in [0.25, 0.3) is 0 Å². The Bertz CT molecular complexity index is 350. The summed E-state index contributed by atoms with van der Waals surface area (Å²) >= 11 is 0. The first-order valence-electron chi connectivity index (χ1n) is 5.65. The zero-order valence-corrected chi connectivity index (χ0v) is 9.19. The van der Waals surface area contributed by atoms with Gasteiger partial charge in [-0.15, -0.1) is 0 Å². The summed E-state index contributed by atoms with van der Waals surface area (Å²) in [6.45, 7) is 1.72. The van der Waals surface area contributed by atoms with E-state index in [1.54, 1.807) is 12.1 Å². The fraction of sp³-hybridized carbons (Fsp3) is 0.462. The lowest BCUT2D eigenvalue weighted by Gasteiger charge is -2.21. The van der Waals surface area contributed by atoms with Crippen LogP contribution in [0.1, 0.15) is 28.8 Å². The summed E-state index contributed by atoms with van der Waals surface area (Å²) in [7, 11) is 0. The zero-order chi connectivity index (χ0) is 11.4. The van der Waals surface area contributed by atoms with Gasteiger partial charge in [-0.25, -0.2) is 4.79 Å². The van der Waals surface area contributed by atoms with Gasteiger partial charge in [-0.3, -0.25) is 0 Å². The highest BCUT2D eigenvalue weighted by Crippen LogP contribution is 2.20. The summed E-state index contributed by atoms with van der Waals surface area (Å²) in [5, 5.41) is 8.78. The molecule has 0 amide bonds. The molecular formula is C13H16O3. The Labute approximate surface area is 95.0 Å². The number of hydrogen-bond acceptors (Lipinski definition) is 2. The highest BCUT2D eigenvalue weighted by Gasteiger charge is 2.14. The van der Waals surface area contributed by atoms with Gasteiger partial charge in [0.05, 0.1) is 5.56 Å². The summed E-state index contributed by atoms with van der Waals surface area (Å²) in [4.78, 5) is 10.7. The SMILES string of the molecule is O=C(O)c1ccc(CC2CCOCC2)cc1. The zero-order valence-electron chi connectivity index (χ0n) is 9.19. The van der Waals surface area contributed by atoms with Crippen molar-refractivity contribution in [1.82, 2.24) is 0 Å². The maximum Gasteiger partial charge on any atom is 0.335 e. The quantitative estimate of drug-likeness (QED) is 0.850. The summed E-state index contributed by atoms with van der Waals surface area (Å²) in [5.74, 6) is -0.179. The number of carboxylic acid groups (broad SMARTS) is 1. The molecule has 0 saturated carbocycles. The van der Waals surface area contributed by atoms with E-state index in [1.807, 2.05) is 12.1 Å². The Balaban J connectivity index is 1.96. The van der Waals surface area contributed by atoms with Crippen molar-refractivity contribution in [3.63, 3.8) is 0 Å². The maximum atomic E-state index is 10.7. The van der Waals surface area contributed by atoms with Crippen LogP contribution in [0.15, 0.2) is 24.3 Å². The second-order valence-corrected chi connectivity index (χ2v) is 4.26. The average Bonchev–Trinajstić information content (AvgIpc) is 2.31. The molecule has 3 nitrogen and oxygen atoms in total. The number of rotatable bonds is 3. The fourth-order valence-corrected chi connectivity index (χ4v) is 2.07. The van der Waals surface area contributed by atoms with Gasteiger partial charge in [0.15, 0.2) is 0 Å². The van der Waals surface area contributed by atoms with Gasteiger partial charge in [0, 0.05) is 13.2 Å². The van der Waals surface area contributed by atoms with Crippen molar-refractivity contribution in [3.8, 4) is 0 Å². The topological polar surface area (TPSA) is 46.5 Å². The molecule has 16 heavy (non-hydrogen) atoms. The first kappa shape index (κ1) is 11.1. The molecular weight excluding hydrogens is 204 g/mol. The highest BCUT2D eigenvalue weighted by molar-refractivity contribution is 5.87. The van der Waals surface area contributed by atoms with E-state index in [-0.39, 0.29) is 0 Å². The fourth-order valence-electron chi connectivity index (χ4n) is 2.07. The number of benzene rings is 1. The molecule has 0 aromatic heterocycles. The van der Waals surface area contributed by atoms with Crippen molar-refractivity contribution in [2.24, 2.45) is 5.92 Å². The summed E-state index contributed by atoms with van der Waals surface area (Å²) in [5.41, 5.74) is 1.58. The molecule has 1 saturated heterocycles. The molecule has 1 aliphatic rings. The lowest BCUT2D eigenvalue weighted by Crippen LogP contribution is -2.17. The lowest BCUT2D eigenvalue weighted by molar-refractivity contribution is 0.0665. The van der Waals surface area contributed by atoms with Gasteiger partial charge in [-0.2, -0.15) is 0 Å². The normalized spacial score (nSPS) is 17.2. The molecule has 0 radical (unpaired) electrons. The molecule has 86 valence electrons. The van der Waals surface area contributed by atoms with E-state index >= 15 is 0 Å². The molecule has 0 atom stereocenters. The molecule has 2 rings (SSSR count). The smallest absolute Gasteiger partial charge is 0.335 e. The van der Waals surface area contributed by atoms with E-state index in [1.165, 1.54) is 5.56 Å². The molecule has 0 bridgehead atoms. The van der Waals surface area contributed by atoms with Crippen LogP contribution in [0, 0.1) is 5.92 Å². The molecule has 1 heterocycles. The maximum absolute atomic E-state index is 10.7. The number of aromatic carboxylic acids is 1. The summed E-state index contributed by atoms with van der Waals surface area (Å²) < 4.78 is 5.31. The largest absolute Gasteiger partial charge is 0.478 e. The van der Waals surface area contributed by atoms with E-state index in [4.69, 9.17) is 9.84 Å². The third-order valence-corrected chi connectivity index (χ3v) is 3.07. The average molecular weight is 220 g/mol. The Kier molecular flexibility index (Phi) is 3.57. The Morgan fingerprint density at radius 1 is 1.25 bits per heavy atom. The Morgan fingerprint density at radius 2 is 1.88 bits per heavy atom. The van der Waals surface area contributed by atoms with Crippen molar-refractivity contribution in [2.75, 3.05) is 13.2 Å². The molecule has 1 fully saturated rings. The predicted molar refractivity (Wildman–Crippen MR) is 60.6 cm³/mol. The van der Waals surface area contributed by atoms with E-state index in [2.05, 4.69) is 0 Å². The van der Waals surface area contributed by atoms with E-state index in [0.717, 1.165) is 32.5 Å². The highest BCUT2D eigenvalue weighted by atomic mass is 16.5. The molecule has 0 spiro atoms. The first-order chi connectivity index (χ1) is 7.75. The van der Waals surface area contributed by atoms with Gasteiger partial charge in [0.1, 0.15) is 0 Å². The van der Waals surface area contributed by atoms with Crippen LogP contribution < -0.4 is 0 Å². The minimum absolute atomic E-state index is 0.357. The van der Waals surface area contributed by atoms with Crippen LogP contribution in [0.2, 0.25) is 0 Å². The van der Waals surface area contributed by atoms with E-state index < -0.39 is 5.97 Å². The lowest BCUT2D eigenvalue weighted by atomic mass is 9.92. The number of ether oxygens (including phenoxy) is 1. The second kappa shape index (κ2) is 5.12. The van der Waals surface area contributed by atoms with Crippen LogP contribution >= 0.6 is 0 Å². The molecule has 0 unspecified atom stereocenters. The predicted octanol–water partition coefficient (Wildman–Crippen LogP) is 2.35. The van der Waals surface area contributed by atoms with Crippen LogP contribution in [0.25, 0.3) is 0 Å². The van der Waals surface area contributed by atoms with Crippen LogP contribution in [-0.2, 0) is 11.2 Å². The van der Waals surface area contributed by atoms with E-state index in [0.29, 0.717) is 11.5 Å². The molecule has 3 heteroatoms. The van der Waals surface area contributed by atoms with Crippen molar-refractivity contribution < 1.29 is 14.6 Å². The third kappa shape index (κ3) is 2.83. The van der Waals surface area contributed by atoms with Crippen molar-refractivity contribution >= 4 is 5.97 Å². The minimum Gasteiger partial charge on any atom is -0.478 e. The van der Waals surface area contributed by atoms with Crippen LogP contribution in [0.3, 0.4) is 0 Å². The van der Waals surface area contributed by atoms with Crippen molar-refractivity contribution in [2.45, 2.75) is 19.3 Å². The molecule has 1 aromatic rings. The van der Waals surface area contributed by atoms with Crippen LogP contribution in [0.5, 0.6) is 0 Å².